The number of phenols is 3. The second kappa shape index (κ2) is 6.56. The fourth-order valence-electron chi connectivity index (χ4n) is 2.06. The summed E-state index contributed by atoms with van der Waals surface area (Å²) in [6.07, 6.45) is -8.06. The molecule has 1 saturated heterocycles. The number of aromatic hydroxyl groups is 3. The van der Waals surface area contributed by atoms with Crippen LogP contribution in [0.15, 0.2) is 12.1 Å². The zero-order chi connectivity index (χ0) is 17.3. The van der Waals surface area contributed by atoms with Gasteiger partial charge in [0.2, 0.25) is 6.29 Å². The zero-order valence-electron chi connectivity index (χ0n) is 11.6. The van der Waals surface area contributed by atoms with E-state index in [1.807, 2.05) is 0 Å². The minimum absolute atomic E-state index is 0.366. The molecule has 1 aromatic carbocycles. The largest absolute Gasteiger partial charge is 0.504 e. The summed E-state index contributed by atoms with van der Waals surface area (Å²) in [5.41, 5.74) is -0.366. The maximum absolute atomic E-state index is 11.9. The monoisotopic (exact) mass is 332 g/mol. The van der Waals surface area contributed by atoms with Gasteiger partial charge in [-0.3, -0.25) is 0 Å². The maximum Gasteiger partial charge on any atom is 0.340 e. The van der Waals surface area contributed by atoms with E-state index in [1.54, 1.807) is 0 Å². The number of benzene rings is 1. The van der Waals surface area contributed by atoms with Crippen LogP contribution in [0.3, 0.4) is 0 Å². The van der Waals surface area contributed by atoms with E-state index in [0.29, 0.717) is 0 Å². The molecule has 0 radical (unpaired) electrons. The predicted molar refractivity (Wildman–Crippen MR) is 70.6 cm³/mol. The van der Waals surface area contributed by atoms with E-state index in [4.69, 9.17) is 14.6 Å². The highest BCUT2D eigenvalue weighted by molar-refractivity contribution is 5.91. The van der Waals surface area contributed by atoms with Crippen LogP contribution in [0.25, 0.3) is 0 Å². The van der Waals surface area contributed by atoms with Gasteiger partial charge in [-0.05, 0) is 12.1 Å². The summed E-state index contributed by atoms with van der Waals surface area (Å²) < 4.78 is 9.77. The van der Waals surface area contributed by atoms with Crippen LogP contribution in [0.1, 0.15) is 10.4 Å². The molecule has 1 heterocycles. The molecule has 7 N–H and O–H groups in total. The Balaban J connectivity index is 2.16. The summed E-state index contributed by atoms with van der Waals surface area (Å²) in [6.45, 7) is -0.695. The van der Waals surface area contributed by atoms with Crippen molar-refractivity contribution in [1.82, 2.24) is 0 Å². The van der Waals surface area contributed by atoms with Gasteiger partial charge in [0.15, 0.2) is 17.2 Å². The molecule has 10 nitrogen and oxygen atoms in total. The fraction of sp³-hybridized carbons (Fsp3) is 0.462. The van der Waals surface area contributed by atoms with Gasteiger partial charge >= 0.3 is 5.97 Å². The number of rotatable bonds is 3. The molecule has 23 heavy (non-hydrogen) atoms. The van der Waals surface area contributed by atoms with Crippen LogP contribution >= 0.6 is 0 Å². The number of hydrogen-bond acceptors (Lipinski definition) is 10. The van der Waals surface area contributed by atoms with Crippen LogP contribution < -0.4 is 0 Å². The van der Waals surface area contributed by atoms with Crippen LogP contribution in [0.2, 0.25) is 0 Å². The highest BCUT2D eigenvalue weighted by atomic mass is 16.7. The highest BCUT2D eigenvalue weighted by Crippen LogP contribution is 2.35. The van der Waals surface area contributed by atoms with Gasteiger partial charge in [-0.1, -0.05) is 0 Å². The van der Waals surface area contributed by atoms with Crippen LogP contribution in [-0.4, -0.2) is 79.0 Å². The van der Waals surface area contributed by atoms with Crippen molar-refractivity contribution >= 4 is 5.97 Å². The molecule has 5 atom stereocenters. The molecule has 1 aliphatic rings. The lowest BCUT2D eigenvalue weighted by Gasteiger charge is -2.39. The summed E-state index contributed by atoms with van der Waals surface area (Å²) in [5, 5.41) is 65.8. The van der Waals surface area contributed by atoms with E-state index >= 15 is 0 Å². The van der Waals surface area contributed by atoms with E-state index in [2.05, 4.69) is 0 Å². The van der Waals surface area contributed by atoms with E-state index in [-0.39, 0.29) is 5.56 Å². The Bertz CT molecular complexity index is 563. The molecule has 0 spiro atoms. The van der Waals surface area contributed by atoms with E-state index in [0.717, 1.165) is 12.1 Å². The molecule has 0 aliphatic carbocycles. The molecular weight excluding hydrogens is 316 g/mol. The van der Waals surface area contributed by atoms with E-state index in [1.165, 1.54) is 0 Å². The molecule has 0 saturated carbocycles. The minimum atomic E-state index is -1.78. The summed E-state index contributed by atoms with van der Waals surface area (Å²) in [5.74, 6) is -3.52. The van der Waals surface area contributed by atoms with E-state index < -0.39 is 60.5 Å². The Labute approximate surface area is 129 Å². The number of hydrogen-bond donors (Lipinski definition) is 7. The summed E-state index contributed by atoms with van der Waals surface area (Å²) in [7, 11) is 0. The van der Waals surface area contributed by atoms with Gasteiger partial charge < -0.3 is 45.2 Å². The van der Waals surface area contributed by atoms with Gasteiger partial charge in [-0.15, -0.1) is 0 Å². The Morgan fingerprint density at radius 1 is 1.04 bits per heavy atom. The first-order chi connectivity index (χ1) is 10.8. The van der Waals surface area contributed by atoms with Gasteiger partial charge in [-0.2, -0.15) is 0 Å². The van der Waals surface area contributed by atoms with Gasteiger partial charge in [0.25, 0.3) is 0 Å². The Hall–Kier alpha value is -2.11. The van der Waals surface area contributed by atoms with Crippen LogP contribution in [0.4, 0.5) is 0 Å². The Morgan fingerprint density at radius 3 is 2.13 bits per heavy atom. The number of ether oxygens (including phenoxy) is 2. The van der Waals surface area contributed by atoms with Crippen molar-refractivity contribution in [3.05, 3.63) is 17.7 Å². The highest BCUT2D eigenvalue weighted by Gasteiger charge is 2.45. The third kappa shape index (κ3) is 3.30. The standard InChI is InChI=1S/C13H16O10/c14-3-7-9(18)10(19)11(20)13(22-7)23-12(21)4-1-5(15)8(17)6(16)2-4/h1-2,7,9-11,13-20H,3H2/t7-,9-,10-,11-,13+/m1/s1. The van der Waals surface area contributed by atoms with Gasteiger partial charge in [0.1, 0.15) is 24.4 Å². The van der Waals surface area contributed by atoms with Crippen molar-refractivity contribution < 1.29 is 50.0 Å². The van der Waals surface area contributed by atoms with Gasteiger partial charge in [0, 0.05) is 0 Å². The normalized spacial score (nSPS) is 30.9. The quantitative estimate of drug-likeness (QED) is 0.236. The molecule has 0 amide bonds. The lowest BCUT2D eigenvalue weighted by Crippen LogP contribution is -2.59. The molecule has 10 heteroatoms. The topological polar surface area (TPSA) is 177 Å². The number of carbonyl (C=O) groups is 1. The zero-order valence-corrected chi connectivity index (χ0v) is 11.6. The third-order valence-electron chi connectivity index (χ3n) is 3.38. The molecule has 1 aliphatic heterocycles. The third-order valence-corrected chi connectivity index (χ3v) is 3.38. The van der Waals surface area contributed by atoms with Crippen molar-refractivity contribution in [3.63, 3.8) is 0 Å². The summed E-state index contributed by atoms with van der Waals surface area (Å²) in [4.78, 5) is 11.9. The molecule has 1 aromatic rings. The Morgan fingerprint density at radius 2 is 1.61 bits per heavy atom. The smallest absolute Gasteiger partial charge is 0.340 e. The summed E-state index contributed by atoms with van der Waals surface area (Å²) in [6, 6.07) is 1.61. The first-order valence-corrected chi connectivity index (χ1v) is 6.52. The van der Waals surface area contributed by atoms with Crippen molar-refractivity contribution in [1.29, 1.82) is 0 Å². The lowest BCUT2D eigenvalue weighted by molar-refractivity contribution is -0.285. The predicted octanol–water partition coefficient (Wildman–Crippen LogP) is -2.24. The number of aliphatic hydroxyl groups is 4. The molecule has 0 aromatic heterocycles. The lowest BCUT2D eigenvalue weighted by atomic mass is 9.99. The molecule has 128 valence electrons. The number of phenolic OH excluding ortho intramolecular Hbond substituents is 3. The maximum atomic E-state index is 11.9. The van der Waals surface area contributed by atoms with Crippen molar-refractivity contribution in [2.75, 3.05) is 6.61 Å². The van der Waals surface area contributed by atoms with Crippen molar-refractivity contribution in [2.24, 2.45) is 0 Å². The molecule has 0 unspecified atom stereocenters. The minimum Gasteiger partial charge on any atom is -0.504 e. The van der Waals surface area contributed by atoms with Crippen molar-refractivity contribution in [2.45, 2.75) is 30.7 Å². The Kier molecular flexibility index (Phi) is 4.92. The number of esters is 1. The molecule has 0 bridgehead atoms. The second-order valence-electron chi connectivity index (χ2n) is 4.97. The first-order valence-electron chi connectivity index (χ1n) is 6.52. The fourth-order valence-corrected chi connectivity index (χ4v) is 2.06. The average Bonchev–Trinajstić information content (AvgIpc) is 2.52. The van der Waals surface area contributed by atoms with Crippen LogP contribution in [-0.2, 0) is 9.47 Å². The van der Waals surface area contributed by atoms with E-state index in [9.17, 15) is 35.4 Å². The SMILES string of the molecule is O=C(O[C@@H]1O[C@H](CO)[C@@H](O)[C@@H](O)[C@H]1O)c1cc(O)c(O)c(O)c1. The van der Waals surface area contributed by atoms with Crippen LogP contribution in [0, 0.1) is 0 Å². The van der Waals surface area contributed by atoms with Crippen LogP contribution in [0.5, 0.6) is 17.2 Å². The first kappa shape index (κ1) is 17.2. The number of carbonyl (C=O) groups excluding carboxylic acids is 1. The molecule has 1 fully saturated rings. The average molecular weight is 332 g/mol. The molecule has 2 rings (SSSR count). The molecular formula is C13H16O10. The number of aliphatic hydroxyl groups excluding tert-OH is 4. The second-order valence-corrected chi connectivity index (χ2v) is 4.97. The van der Waals surface area contributed by atoms with Gasteiger partial charge in [0.05, 0.1) is 12.2 Å². The van der Waals surface area contributed by atoms with Gasteiger partial charge in [-0.25, -0.2) is 4.79 Å². The van der Waals surface area contributed by atoms with Crippen molar-refractivity contribution in [3.8, 4) is 17.2 Å². The summed E-state index contributed by atoms with van der Waals surface area (Å²) >= 11 is 0.